The second-order valence-corrected chi connectivity index (χ2v) is 5.28. The lowest BCUT2D eigenvalue weighted by Crippen LogP contribution is -2.03. The smallest absolute Gasteiger partial charge is 0.124 e. The second-order valence-electron chi connectivity index (χ2n) is 4.46. The fourth-order valence-electron chi connectivity index (χ4n) is 1.89. The topological polar surface area (TPSA) is 20.2 Å². The van der Waals surface area contributed by atoms with Crippen LogP contribution in [0, 0.1) is 12.7 Å². The Hall–Kier alpha value is -1.09. The van der Waals surface area contributed by atoms with Crippen LogP contribution in [0.15, 0.2) is 36.4 Å². The molecule has 0 fully saturated rings. The molecule has 2 aromatic carbocycles. The van der Waals surface area contributed by atoms with E-state index < -0.39 is 6.10 Å². The molecule has 0 aliphatic rings. The van der Waals surface area contributed by atoms with E-state index in [9.17, 15) is 9.50 Å². The van der Waals surface area contributed by atoms with Crippen molar-refractivity contribution >= 4 is 23.2 Å². The van der Waals surface area contributed by atoms with E-state index in [1.165, 1.54) is 12.1 Å². The van der Waals surface area contributed by atoms with Gasteiger partial charge in [-0.05, 0) is 41.8 Å². The molecule has 0 radical (unpaired) electrons. The van der Waals surface area contributed by atoms with Gasteiger partial charge in [0.25, 0.3) is 0 Å². The fraction of sp³-hybridized carbons (Fsp3) is 0.200. The third-order valence-corrected chi connectivity index (χ3v) is 3.77. The molecule has 0 saturated heterocycles. The lowest BCUT2D eigenvalue weighted by Gasteiger charge is -2.13. The van der Waals surface area contributed by atoms with E-state index in [0.29, 0.717) is 22.0 Å². The van der Waals surface area contributed by atoms with Gasteiger partial charge in [0.2, 0.25) is 0 Å². The van der Waals surface area contributed by atoms with Crippen LogP contribution in [0.3, 0.4) is 0 Å². The Morgan fingerprint density at radius 1 is 1.11 bits per heavy atom. The minimum absolute atomic E-state index is 0.324. The Labute approximate surface area is 121 Å². The van der Waals surface area contributed by atoms with E-state index in [4.69, 9.17) is 23.2 Å². The Morgan fingerprint density at radius 3 is 2.47 bits per heavy atom. The van der Waals surface area contributed by atoms with E-state index in [1.807, 2.05) is 13.0 Å². The molecule has 0 aliphatic heterocycles. The first-order valence-corrected chi connectivity index (χ1v) is 6.61. The summed E-state index contributed by atoms with van der Waals surface area (Å²) in [4.78, 5) is 0. The third kappa shape index (κ3) is 3.47. The minimum Gasteiger partial charge on any atom is -0.388 e. The molecule has 1 N–H and O–H groups in total. The zero-order chi connectivity index (χ0) is 14.0. The highest BCUT2D eigenvalue weighted by molar-refractivity contribution is 6.31. The monoisotopic (exact) mass is 298 g/mol. The lowest BCUT2D eigenvalue weighted by molar-refractivity contribution is 0.178. The second kappa shape index (κ2) is 5.91. The molecule has 0 amide bonds. The molecule has 100 valence electrons. The van der Waals surface area contributed by atoms with E-state index in [1.54, 1.807) is 18.2 Å². The van der Waals surface area contributed by atoms with Crippen molar-refractivity contribution in [2.75, 3.05) is 0 Å². The normalized spacial score (nSPS) is 12.5. The number of halogens is 3. The van der Waals surface area contributed by atoms with E-state index >= 15 is 0 Å². The molecule has 2 aromatic rings. The summed E-state index contributed by atoms with van der Waals surface area (Å²) in [5.74, 6) is -0.384. The standard InChI is InChI=1S/C15H13Cl2FO/c1-9-6-11(3-5-13(9)16)15(19)7-10-2-4-12(18)8-14(10)17/h2-6,8,15,19H,7H2,1H3. The van der Waals surface area contributed by atoms with Crippen molar-refractivity contribution in [3.63, 3.8) is 0 Å². The zero-order valence-corrected chi connectivity index (χ0v) is 11.8. The van der Waals surface area contributed by atoms with Crippen molar-refractivity contribution in [2.45, 2.75) is 19.4 Å². The molecule has 1 unspecified atom stereocenters. The predicted molar refractivity (Wildman–Crippen MR) is 76.3 cm³/mol. The van der Waals surface area contributed by atoms with Crippen molar-refractivity contribution in [2.24, 2.45) is 0 Å². The lowest BCUT2D eigenvalue weighted by atomic mass is 10.00. The summed E-state index contributed by atoms with van der Waals surface area (Å²) < 4.78 is 12.9. The van der Waals surface area contributed by atoms with Crippen molar-refractivity contribution in [1.82, 2.24) is 0 Å². The van der Waals surface area contributed by atoms with Gasteiger partial charge in [-0.1, -0.05) is 41.4 Å². The Morgan fingerprint density at radius 2 is 1.84 bits per heavy atom. The van der Waals surface area contributed by atoms with Gasteiger partial charge in [-0.3, -0.25) is 0 Å². The molecule has 0 spiro atoms. The molecule has 2 rings (SSSR count). The van der Waals surface area contributed by atoms with Gasteiger partial charge in [0, 0.05) is 16.5 Å². The van der Waals surface area contributed by atoms with Crippen LogP contribution in [0.1, 0.15) is 22.8 Å². The van der Waals surface area contributed by atoms with Crippen molar-refractivity contribution in [3.05, 3.63) is 69.0 Å². The van der Waals surface area contributed by atoms with Crippen LogP contribution >= 0.6 is 23.2 Å². The first-order valence-electron chi connectivity index (χ1n) is 5.85. The van der Waals surface area contributed by atoms with Gasteiger partial charge in [-0.2, -0.15) is 0 Å². The van der Waals surface area contributed by atoms with Gasteiger partial charge >= 0.3 is 0 Å². The number of rotatable bonds is 3. The average molecular weight is 299 g/mol. The number of aryl methyl sites for hydroxylation is 1. The summed E-state index contributed by atoms with van der Waals surface area (Å²) in [5, 5.41) is 11.2. The SMILES string of the molecule is Cc1cc(C(O)Cc2ccc(F)cc2Cl)ccc1Cl. The first kappa shape index (κ1) is 14.3. The van der Waals surface area contributed by atoms with Crippen molar-refractivity contribution < 1.29 is 9.50 Å². The van der Waals surface area contributed by atoms with E-state index in [2.05, 4.69) is 0 Å². The zero-order valence-electron chi connectivity index (χ0n) is 10.3. The van der Waals surface area contributed by atoms with Gasteiger partial charge in [-0.25, -0.2) is 4.39 Å². The van der Waals surface area contributed by atoms with Gasteiger partial charge in [0.15, 0.2) is 0 Å². The molecule has 4 heteroatoms. The highest BCUT2D eigenvalue weighted by atomic mass is 35.5. The van der Waals surface area contributed by atoms with Gasteiger partial charge in [0.1, 0.15) is 5.82 Å². The van der Waals surface area contributed by atoms with E-state index in [0.717, 1.165) is 11.1 Å². The van der Waals surface area contributed by atoms with Crippen LogP contribution < -0.4 is 0 Å². The summed E-state index contributed by atoms with van der Waals surface area (Å²) in [6.07, 6.45) is -0.362. The molecular formula is C15H13Cl2FO. The Kier molecular flexibility index (Phi) is 4.46. The van der Waals surface area contributed by atoms with Crippen LogP contribution in [0.4, 0.5) is 4.39 Å². The number of hydrogen-bond acceptors (Lipinski definition) is 1. The Balaban J connectivity index is 2.20. The van der Waals surface area contributed by atoms with Gasteiger partial charge < -0.3 is 5.11 Å². The van der Waals surface area contributed by atoms with Crippen LogP contribution in [0.5, 0.6) is 0 Å². The summed E-state index contributed by atoms with van der Waals surface area (Å²) >= 11 is 11.9. The fourth-order valence-corrected chi connectivity index (χ4v) is 2.25. The molecule has 1 atom stereocenters. The molecule has 1 nitrogen and oxygen atoms in total. The van der Waals surface area contributed by atoms with Crippen LogP contribution in [-0.2, 0) is 6.42 Å². The summed E-state index contributed by atoms with van der Waals surface area (Å²) in [6.45, 7) is 1.88. The molecule has 0 bridgehead atoms. The predicted octanol–water partition coefficient (Wildman–Crippen LogP) is 4.72. The number of aliphatic hydroxyl groups is 1. The summed E-state index contributed by atoms with van der Waals surface area (Å²) in [5.41, 5.74) is 2.38. The summed E-state index contributed by atoms with van der Waals surface area (Å²) in [7, 11) is 0. The van der Waals surface area contributed by atoms with Crippen molar-refractivity contribution in [3.8, 4) is 0 Å². The Bertz CT molecular complexity index is 599. The van der Waals surface area contributed by atoms with E-state index in [-0.39, 0.29) is 5.82 Å². The van der Waals surface area contributed by atoms with Crippen LogP contribution in [0.25, 0.3) is 0 Å². The van der Waals surface area contributed by atoms with Gasteiger partial charge in [0.05, 0.1) is 6.10 Å². The quantitative estimate of drug-likeness (QED) is 0.869. The summed E-state index contributed by atoms with van der Waals surface area (Å²) in [6, 6.07) is 9.53. The third-order valence-electron chi connectivity index (χ3n) is 3.00. The molecule has 0 saturated carbocycles. The van der Waals surface area contributed by atoms with Crippen LogP contribution in [-0.4, -0.2) is 5.11 Å². The first-order chi connectivity index (χ1) is 8.97. The largest absolute Gasteiger partial charge is 0.388 e. The highest BCUT2D eigenvalue weighted by Gasteiger charge is 2.12. The molecule has 0 aromatic heterocycles. The molecular weight excluding hydrogens is 286 g/mol. The maximum atomic E-state index is 12.9. The number of benzene rings is 2. The molecule has 0 aliphatic carbocycles. The highest BCUT2D eigenvalue weighted by Crippen LogP contribution is 2.26. The molecule has 19 heavy (non-hydrogen) atoms. The van der Waals surface area contributed by atoms with Crippen LogP contribution in [0.2, 0.25) is 10.0 Å². The minimum atomic E-state index is -0.695. The van der Waals surface area contributed by atoms with Crippen molar-refractivity contribution in [1.29, 1.82) is 0 Å². The maximum Gasteiger partial charge on any atom is 0.124 e. The number of aliphatic hydroxyl groups excluding tert-OH is 1. The maximum absolute atomic E-state index is 12.9. The average Bonchev–Trinajstić information content (AvgIpc) is 2.36. The van der Waals surface area contributed by atoms with Gasteiger partial charge in [-0.15, -0.1) is 0 Å². The molecule has 0 heterocycles. The number of hydrogen-bond donors (Lipinski definition) is 1.